The Labute approximate surface area is 205 Å². The van der Waals surface area contributed by atoms with Crippen molar-refractivity contribution in [1.82, 2.24) is 19.6 Å². The van der Waals surface area contributed by atoms with Gasteiger partial charge in [-0.2, -0.15) is 10.4 Å². The minimum Gasteiger partial charge on any atom is -0.368 e. The van der Waals surface area contributed by atoms with E-state index in [0.29, 0.717) is 28.2 Å². The third-order valence-corrected chi connectivity index (χ3v) is 6.28. The highest BCUT2D eigenvalue weighted by molar-refractivity contribution is 6.05. The molecule has 1 saturated heterocycles. The summed E-state index contributed by atoms with van der Waals surface area (Å²) in [7, 11) is 4.16. The van der Waals surface area contributed by atoms with Crippen LogP contribution in [0.15, 0.2) is 48.7 Å². The zero-order chi connectivity index (χ0) is 24.9. The minimum atomic E-state index is -0.334. The Balaban J connectivity index is 1.43. The summed E-state index contributed by atoms with van der Waals surface area (Å²) in [5.74, 6) is -0.651. The van der Waals surface area contributed by atoms with E-state index >= 15 is 0 Å². The second kappa shape index (κ2) is 10.7. The number of rotatable bonds is 7. The molecular formula is C26H30FN7O. The number of carbonyl (C=O) groups excluding carboxylic acids is 1. The zero-order valence-electron chi connectivity index (χ0n) is 20.3. The van der Waals surface area contributed by atoms with Crippen LogP contribution in [0.3, 0.4) is 0 Å². The van der Waals surface area contributed by atoms with E-state index in [-0.39, 0.29) is 11.7 Å². The van der Waals surface area contributed by atoms with Gasteiger partial charge in [-0.3, -0.25) is 9.69 Å². The molecule has 182 valence electrons. The fraction of sp³-hybridized carbons (Fsp3) is 0.346. The number of hydrogen-bond acceptors (Lipinski definition) is 6. The second-order valence-electron chi connectivity index (χ2n) is 8.96. The molecule has 2 aromatic carbocycles. The first-order valence-electron chi connectivity index (χ1n) is 11.6. The molecule has 3 aromatic rings. The van der Waals surface area contributed by atoms with Gasteiger partial charge in [0.1, 0.15) is 11.9 Å². The predicted molar refractivity (Wildman–Crippen MR) is 135 cm³/mol. The fourth-order valence-corrected chi connectivity index (χ4v) is 4.21. The van der Waals surface area contributed by atoms with E-state index in [4.69, 9.17) is 0 Å². The fourth-order valence-electron chi connectivity index (χ4n) is 4.21. The maximum absolute atomic E-state index is 13.2. The highest BCUT2D eigenvalue weighted by atomic mass is 19.1. The van der Waals surface area contributed by atoms with Crippen molar-refractivity contribution in [2.24, 2.45) is 0 Å². The van der Waals surface area contributed by atoms with E-state index in [1.165, 1.54) is 18.3 Å². The molecular weight excluding hydrogens is 445 g/mol. The van der Waals surface area contributed by atoms with Crippen molar-refractivity contribution in [2.45, 2.75) is 6.92 Å². The smallest absolute Gasteiger partial charge is 0.259 e. The van der Waals surface area contributed by atoms with Crippen molar-refractivity contribution < 1.29 is 9.18 Å². The van der Waals surface area contributed by atoms with Gasteiger partial charge in [0.15, 0.2) is 0 Å². The predicted octanol–water partition coefficient (Wildman–Crippen LogP) is 3.13. The summed E-state index contributed by atoms with van der Waals surface area (Å²) in [5.41, 5.74) is 3.68. The van der Waals surface area contributed by atoms with Gasteiger partial charge >= 0.3 is 0 Å². The lowest BCUT2D eigenvalue weighted by molar-refractivity contribution is 0.102. The summed E-state index contributed by atoms with van der Waals surface area (Å²) >= 11 is 0. The van der Waals surface area contributed by atoms with E-state index in [2.05, 4.69) is 45.3 Å². The Morgan fingerprint density at radius 2 is 1.86 bits per heavy atom. The third kappa shape index (κ3) is 5.67. The standard InChI is InChI=1S/C26H30FN7O/c1-19-24(18-29-34(19)23-7-4-21(27)5-8-23)26(35)30-22-6-9-25(20(16-22)17-28)33-14-12-32(13-15-33)11-10-31(2)3/h4-9,16,18H,10-15H2,1-3H3,(H,30,35). The quantitative estimate of drug-likeness (QED) is 0.566. The van der Waals surface area contributed by atoms with Crippen molar-refractivity contribution in [2.75, 3.05) is 63.6 Å². The molecule has 9 heteroatoms. The third-order valence-electron chi connectivity index (χ3n) is 6.28. The molecule has 1 amide bonds. The van der Waals surface area contributed by atoms with Gasteiger partial charge in [-0.25, -0.2) is 9.07 Å². The molecule has 1 aliphatic heterocycles. The summed E-state index contributed by atoms with van der Waals surface area (Å²) < 4.78 is 14.8. The molecule has 0 spiro atoms. The van der Waals surface area contributed by atoms with Gasteiger partial charge in [-0.05, 0) is 63.5 Å². The van der Waals surface area contributed by atoms with Crippen LogP contribution in [0.2, 0.25) is 0 Å². The molecule has 1 aromatic heterocycles. The van der Waals surface area contributed by atoms with Crippen LogP contribution < -0.4 is 10.2 Å². The Kier molecular flexibility index (Phi) is 7.44. The first-order valence-corrected chi connectivity index (χ1v) is 11.6. The molecule has 8 nitrogen and oxygen atoms in total. The number of amides is 1. The molecule has 0 saturated carbocycles. The van der Waals surface area contributed by atoms with Gasteiger partial charge < -0.3 is 15.1 Å². The van der Waals surface area contributed by atoms with Crippen LogP contribution in [-0.4, -0.2) is 78.9 Å². The topological polar surface area (TPSA) is 80.4 Å². The number of nitriles is 1. The lowest BCUT2D eigenvalue weighted by atomic mass is 10.1. The van der Waals surface area contributed by atoms with Gasteiger partial charge in [-0.1, -0.05) is 0 Å². The van der Waals surface area contributed by atoms with Crippen molar-refractivity contribution in [3.05, 3.63) is 71.3 Å². The average molecular weight is 476 g/mol. The molecule has 0 radical (unpaired) electrons. The van der Waals surface area contributed by atoms with Gasteiger partial charge in [0, 0.05) is 45.0 Å². The maximum atomic E-state index is 13.2. The minimum absolute atomic E-state index is 0.318. The first kappa shape index (κ1) is 24.4. The van der Waals surface area contributed by atoms with Gasteiger partial charge in [-0.15, -0.1) is 0 Å². The molecule has 0 bridgehead atoms. The van der Waals surface area contributed by atoms with Crippen molar-refractivity contribution >= 4 is 17.3 Å². The lowest BCUT2D eigenvalue weighted by Crippen LogP contribution is -2.48. The summed E-state index contributed by atoms with van der Waals surface area (Å²) in [6, 6.07) is 13.6. The summed E-state index contributed by atoms with van der Waals surface area (Å²) in [4.78, 5) is 19.8. The van der Waals surface area contributed by atoms with Crippen molar-refractivity contribution in [3.63, 3.8) is 0 Å². The average Bonchev–Trinajstić information content (AvgIpc) is 3.25. The Bertz CT molecular complexity index is 1220. The molecule has 2 heterocycles. The van der Waals surface area contributed by atoms with Crippen LogP contribution in [-0.2, 0) is 0 Å². The van der Waals surface area contributed by atoms with Crippen LogP contribution >= 0.6 is 0 Å². The number of benzene rings is 2. The van der Waals surface area contributed by atoms with Gasteiger partial charge in [0.2, 0.25) is 0 Å². The van der Waals surface area contributed by atoms with Gasteiger partial charge in [0.05, 0.1) is 34.4 Å². The molecule has 0 atom stereocenters. The number of hydrogen-bond donors (Lipinski definition) is 1. The van der Waals surface area contributed by atoms with Crippen LogP contribution in [0, 0.1) is 24.1 Å². The normalized spacial score (nSPS) is 14.2. The number of halogens is 1. The van der Waals surface area contributed by atoms with E-state index in [0.717, 1.165) is 45.0 Å². The number of carbonyl (C=O) groups is 1. The zero-order valence-corrected chi connectivity index (χ0v) is 20.3. The van der Waals surface area contributed by atoms with Gasteiger partial charge in [0.25, 0.3) is 5.91 Å². The number of aromatic nitrogens is 2. The number of anilines is 2. The van der Waals surface area contributed by atoms with E-state index in [1.54, 1.807) is 29.8 Å². The number of piperazine rings is 1. The van der Waals surface area contributed by atoms with E-state index in [1.807, 2.05) is 12.1 Å². The largest absolute Gasteiger partial charge is 0.368 e. The van der Waals surface area contributed by atoms with Crippen LogP contribution in [0.5, 0.6) is 0 Å². The molecule has 0 aliphatic carbocycles. The number of likely N-dealkylation sites (N-methyl/N-ethyl adjacent to an activating group) is 1. The van der Waals surface area contributed by atoms with Crippen LogP contribution in [0.1, 0.15) is 21.6 Å². The summed E-state index contributed by atoms with van der Waals surface area (Å²) in [6.45, 7) is 7.47. The second-order valence-corrected chi connectivity index (χ2v) is 8.96. The van der Waals surface area contributed by atoms with Crippen LogP contribution in [0.25, 0.3) is 5.69 Å². The molecule has 1 N–H and O–H groups in total. The summed E-state index contributed by atoms with van der Waals surface area (Å²) in [6.07, 6.45) is 1.49. The SMILES string of the molecule is Cc1c(C(=O)Nc2ccc(N3CCN(CCN(C)C)CC3)c(C#N)c2)cnn1-c1ccc(F)cc1. The highest BCUT2D eigenvalue weighted by Gasteiger charge is 2.20. The lowest BCUT2D eigenvalue weighted by Gasteiger charge is -2.37. The Morgan fingerprint density at radius 1 is 1.14 bits per heavy atom. The van der Waals surface area contributed by atoms with E-state index < -0.39 is 0 Å². The van der Waals surface area contributed by atoms with Crippen molar-refractivity contribution in [3.8, 4) is 11.8 Å². The maximum Gasteiger partial charge on any atom is 0.259 e. The van der Waals surface area contributed by atoms with Crippen molar-refractivity contribution in [1.29, 1.82) is 5.26 Å². The highest BCUT2D eigenvalue weighted by Crippen LogP contribution is 2.26. The summed E-state index contributed by atoms with van der Waals surface area (Å²) in [5, 5.41) is 16.9. The molecule has 4 rings (SSSR count). The number of nitrogens with zero attached hydrogens (tertiary/aromatic N) is 6. The molecule has 0 unspecified atom stereocenters. The monoisotopic (exact) mass is 475 g/mol. The van der Waals surface area contributed by atoms with Crippen LogP contribution in [0.4, 0.5) is 15.8 Å². The molecule has 1 fully saturated rings. The Hall–Kier alpha value is -3.74. The first-order chi connectivity index (χ1) is 16.9. The molecule has 1 aliphatic rings. The number of nitrogens with one attached hydrogen (secondary N) is 1. The Morgan fingerprint density at radius 3 is 2.51 bits per heavy atom. The van der Waals surface area contributed by atoms with E-state index in [9.17, 15) is 14.4 Å². The molecule has 35 heavy (non-hydrogen) atoms.